The minimum atomic E-state index is -3.33. The Hall–Kier alpha value is -0.130. The molecule has 1 aliphatic heterocycles. The maximum Gasteiger partial charge on any atom is 0.219 e. The third-order valence-corrected chi connectivity index (χ3v) is 5.71. The lowest BCUT2D eigenvalue weighted by molar-refractivity contribution is 0.187. The summed E-state index contributed by atoms with van der Waals surface area (Å²) in [5.41, 5.74) is 0. The van der Waals surface area contributed by atoms with Gasteiger partial charge in [0.1, 0.15) is 0 Å². The van der Waals surface area contributed by atoms with Gasteiger partial charge in [0.05, 0.1) is 10.9 Å². The van der Waals surface area contributed by atoms with Crippen molar-refractivity contribution in [1.82, 2.24) is 4.31 Å². The van der Waals surface area contributed by atoms with Crippen molar-refractivity contribution in [2.45, 2.75) is 57.9 Å². The lowest BCUT2D eigenvalue weighted by atomic mass is 10.0. The predicted octanol–water partition coefficient (Wildman–Crippen LogP) is 1.21. The largest absolute Gasteiger partial charge is 0.392 e. The topological polar surface area (TPSA) is 57.6 Å². The number of hydrogen-bond donors (Lipinski definition) is 1. The maximum absolute atomic E-state index is 12.3. The molecule has 1 fully saturated rings. The second-order valence-electron chi connectivity index (χ2n) is 5.89. The summed E-state index contributed by atoms with van der Waals surface area (Å²) in [5.74, 6) is 0.231. The molecule has 1 saturated heterocycles. The van der Waals surface area contributed by atoms with Crippen LogP contribution in [0.5, 0.6) is 0 Å². The van der Waals surface area contributed by atoms with Gasteiger partial charge in [-0.05, 0) is 33.1 Å². The Labute approximate surface area is 98.7 Å². The van der Waals surface area contributed by atoms with Crippen LogP contribution in [0, 0.1) is 5.92 Å². The van der Waals surface area contributed by atoms with E-state index >= 15 is 0 Å². The molecule has 96 valence electrons. The molecule has 16 heavy (non-hydrogen) atoms. The van der Waals surface area contributed by atoms with Gasteiger partial charge in [-0.1, -0.05) is 13.8 Å². The summed E-state index contributed by atoms with van der Waals surface area (Å²) in [6.07, 6.45) is 0.0250. The molecule has 0 unspecified atom stereocenters. The Kier molecular flexibility index (Phi) is 3.72. The Morgan fingerprint density at radius 2 is 1.81 bits per heavy atom. The average Bonchev–Trinajstić information content (AvgIpc) is 2.45. The normalized spacial score (nSPS) is 28.9. The second kappa shape index (κ2) is 4.27. The fourth-order valence-electron chi connectivity index (χ4n) is 2.05. The van der Waals surface area contributed by atoms with Gasteiger partial charge in [-0.3, -0.25) is 0 Å². The van der Waals surface area contributed by atoms with Crippen LogP contribution in [0.15, 0.2) is 0 Å². The molecule has 1 aliphatic rings. The van der Waals surface area contributed by atoms with E-state index < -0.39 is 20.9 Å². The summed E-state index contributed by atoms with van der Waals surface area (Å²) in [4.78, 5) is 0. The highest BCUT2D eigenvalue weighted by Crippen LogP contribution is 2.32. The standard InChI is InChI=1S/C11H23NO3S/c1-8(2)10-6-9(13)7-12(10)16(14,15)11(3,4)5/h8-10,13H,6-7H2,1-5H3/t9-,10+/m1/s1. The monoisotopic (exact) mass is 249 g/mol. The van der Waals surface area contributed by atoms with E-state index in [4.69, 9.17) is 0 Å². The average molecular weight is 249 g/mol. The van der Waals surface area contributed by atoms with Gasteiger partial charge >= 0.3 is 0 Å². The van der Waals surface area contributed by atoms with Crippen molar-refractivity contribution < 1.29 is 13.5 Å². The summed E-state index contributed by atoms with van der Waals surface area (Å²) in [6, 6.07) is -0.0702. The van der Waals surface area contributed by atoms with Crippen LogP contribution in [0.4, 0.5) is 0 Å². The summed E-state index contributed by atoms with van der Waals surface area (Å²) in [7, 11) is -3.33. The number of β-amino-alcohol motifs (C(OH)–C–C–N with tert-alkyl or cyclic N) is 1. The number of nitrogens with zero attached hydrogens (tertiary/aromatic N) is 1. The van der Waals surface area contributed by atoms with Crippen molar-refractivity contribution in [1.29, 1.82) is 0 Å². The highest BCUT2D eigenvalue weighted by atomic mass is 32.2. The first-order chi connectivity index (χ1) is 7.07. The SMILES string of the molecule is CC(C)[C@@H]1C[C@@H](O)CN1S(=O)(=O)C(C)(C)C. The van der Waals surface area contributed by atoms with E-state index in [1.54, 1.807) is 20.8 Å². The molecule has 4 nitrogen and oxygen atoms in total. The fourth-order valence-corrected chi connectivity index (χ4v) is 3.80. The summed E-state index contributed by atoms with van der Waals surface area (Å²) in [6.45, 7) is 9.32. The summed E-state index contributed by atoms with van der Waals surface area (Å²) >= 11 is 0. The van der Waals surface area contributed by atoms with Crippen molar-refractivity contribution in [2.75, 3.05) is 6.54 Å². The number of aliphatic hydroxyl groups excluding tert-OH is 1. The van der Waals surface area contributed by atoms with E-state index in [1.807, 2.05) is 13.8 Å². The Balaban J connectivity index is 3.04. The van der Waals surface area contributed by atoms with Crippen molar-refractivity contribution in [3.8, 4) is 0 Å². The first-order valence-corrected chi connectivity index (χ1v) is 7.21. The number of hydrogen-bond acceptors (Lipinski definition) is 3. The van der Waals surface area contributed by atoms with Crippen molar-refractivity contribution in [3.63, 3.8) is 0 Å². The van der Waals surface area contributed by atoms with Crippen LogP contribution in [0.1, 0.15) is 41.0 Å². The smallest absolute Gasteiger partial charge is 0.219 e. The molecule has 0 aliphatic carbocycles. The molecule has 0 amide bonds. The first kappa shape index (κ1) is 13.9. The van der Waals surface area contributed by atoms with Crippen molar-refractivity contribution in [2.24, 2.45) is 5.92 Å². The van der Waals surface area contributed by atoms with Crippen LogP contribution in [-0.2, 0) is 10.0 Å². The molecular formula is C11H23NO3S. The van der Waals surface area contributed by atoms with Gasteiger partial charge in [-0.25, -0.2) is 8.42 Å². The second-order valence-corrected chi connectivity index (χ2v) is 8.53. The van der Waals surface area contributed by atoms with Gasteiger partial charge in [0.2, 0.25) is 10.0 Å². The van der Waals surface area contributed by atoms with Gasteiger partial charge < -0.3 is 5.11 Å². The zero-order valence-corrected chi connectivity index (χ0v) is 11.6. The van der Waals surface area contributed by atoms with E-state index in [2.05, 4.69) is 0 Å². The molecule has 0 radical (unpaired) electrons. The predicted molar refractivity (Wildman–Crippen MR) is 64.6 cm³/mol. The summed E-state index contributed by atoms with van der Waals surface area (Å²) < 4.78 is 25.3. The lowest BCUT2D eigenvalue weighted by Gasteiger charge is -2.32. The Bertz CT molecular complexity index is 343. The molecule has 0 bridgehead atoms. The van der Waals surface area contributed by atoms with Gasteiger partial charge in [0.15, 0.2) is 0 Å². The van der Waals surface area contributed by atoms with Gasteiger partial charge in [0.25, 0.3) is 0 Å². The Morgan fingerprint density at radius 3 is 2.19 bits per heavy atom. The van der Waals surface area contributed by atoms with E-state index in [1.165, 1.54) is 4.31 Å². The van der Waals surface area contributed by atoms with E-state index in [9.17, 15) is 13.5 Å². The molecule has 1 rings (SSSR count). The fraction of sp³-hybridized carbons (Fsp3) is 1.00. The van der Waals surface area contributed by atoms with E-state index in [-0.39, 0.29) is 18.5 Å². The Morgan fingerprint density at radius 1 is 1.31 bits per heavy atom. The van der Waals surface area contributed by atoms with E-state index in [0.29, 0.717) is 6.42 Å². The van der Waals surface area contributed by atoms with Crippen molar-refractivity contribution >= 4 is 10.0 Å². The third-order valence-electron chi connectivity index (χ3n) is 3.13. The van der Waals surface area contributed by atoms with Crippen LogP contribution in [0.25, 0.3) is 0 Å². The highest BCUT2D eigenvalue weighted by Gasteiger charge is 2.45. The number of aliphatic hydroxyl groups is 1. The molecule has 1 N–H and O–H groups in total. The molecule has 1 heterocycles. The first-order valence-electron chi connectivity index (χ1n) is 5.77. The van der Waals surface area contributed by atoms with Crippen LogP contribution in [0.2, 0.25) is 0 Å². The maximum atomic E-state index is 12.3. The zero-order chi connectivity index (χ0) is 12.7. The quantitative estimate of drug-likeness (QED) is 0.800. The highest BCUT2D eigenvalue weighted by molar-refractivity contribution is 7.90. The van der Waals surface area contributed by atoms with Crippen LogP contribution in [0.3, 0.4) is 0 Å². The third kappa shape index (κ3) is 2.41. The van der Waals surface area contributed by atoms with Gasteiger partial charge in [-0.2, -0.15) is 4.31 Å². The summed E-state index contributed by atoms with van der Waals surface area (Å²) in [5, 5.41) is 9.64. The molecule has 0 spiro atoms. The zero-order valence-electron chi connectivity index (χ0n) is 10.8. The van der Waals surface area contributed by atoms with Gasteiger partial charge in [-0.15, -0.1) is 0 Å². The number of sulfonamides is 1. The molecule has 0 aromatic heterocycles. The van der Waals surface area contributed by atoms with E-state index in [0.717, 1.165) is 0 Å². The molecule has 2 atom stereocenters. The molecule has 5 heteroatoms. The molecule has 0 aromatic rings. The van der Waals surface area contributed by atoms with Crippen LogP contribution < -0.4 is 0 Å². The van der Waals surface area contributed by atoms with Crippen LogP contribution in [-0.4, -0.2) is 41.3 Å². The molecule has 0 aromatic carbocycles. The molecule has 0 saturated carbocycles. The molecular weight excluding hydrogens is 226 g/mol. The van der Waals surface area contributed by atoms with Crippen molar-refractivity contribution in [3.05, 3.63) is 0 Å². The van der Waals surface area contributed by atoms with Gasteiger partial charge in [0, 0.05) is 12.6 Å². The number of rotatable bonds is 2. The van der Waals surface area contributed by atoms with Crippen LogP contribution >= 0.6 is 0 Å². The minimum Gasteiger partial charge on any atom is -0.392 e. The lowest BCUT2D eigenvalue weighted by Crippen LogP contribution is -2.47. The minimum absolute atomic E-state index is 0.0702.